The van der Waals surface area contributed by atoms with E-state index in [0.717, 1.165) is 31.3 Å². The standard InChI is InChI=1S/C28H10F2N4S/c29-27-19(11-31)5-17(6-20(27)12-32)15-1-3-23-24-4-2-16(10-26(24)35-25(23)9-15)18-7-21(13-33)28(30)22(8-18)14-34/h1-10H. The van der Waals surface area contributed by atoms with Gasteiger partial charge in [0.1, 0.15) is 24.3 Å². The Morgan fingerprint density at radius 3 is 1.14 bits per heavy atom. The molecule has 7 heteroatoms. The van der Waals surface area contributed by atoms with Crippen molar-refractivity contribution in [3.05, 3.63) is 94.6 Å². The van der Waals surface area contributed by atoms with E-state index in [1.807, 2.05) is 36.4 Å². The number of fused-ring (bicyclic) bond motifs is 3. The molecule has 0 radical (unpaired) electrons. The van der Waals surface area contributed by atoms with Crippen LogP contribution in [0, 0.1) is 57.0 Å². The van der Waals surface area contributed by atoms with Crippen LogP contribution < -0.4 is 0 Å². The Balaban J connectivity index is 1.65. The van der Waals surface area contributed by atoms with Crippen molar-refractivity contribution in [2.45, 2.75) is 0 Å². The lowest BCUT2D eigenvalue weighted by molar-refractivity contribution is 0.620. The van der Waals surface area contributed by atoms with Crippen molar-refractivity contribution in [1.29, 1.82) is 21.0 Å². The van der Waals surface area contributed by atoms with Gasteiger partial charge in [-0.25, -0.2) is 8.78 Å². The third-order valence-corrected chi connectivity index (χ3v) is 6.88. The first kappa shape index (κ1) is 21.7. The Hall–Kier alpha value is -5.08. The molecular weight excluding hydrogens is 462 g/mol. The van der Waals surface area contributed by atoms with Crippen LogP contribution in [0.15, 0.2) is 60.7 Å². The van der Waals surface area contributed by atoms with Crippen molar-refractivity contribution >= 4 is 31.5 Å². The Morgan fingerprint density at radius 2 is 0.829 bits per heavy atom. The quantitative estimate of drug-likeness (QED) is 0.272. The lowest BCUT2D eigenvalue weighted by Crippen LogP contribution is -1.92. The second-order valence-corrected chi connectivity index (χ2v) is 8.83. The molecule has 0 unspecified atom stereocenters. The SMILES string of the molecule is N#Cc1cc(-c2ccc3c(c2)sc2cc(-c4cc(C#N)c(F)c(C#N)c4)ccc23)cc(C#N)c1F. The first-order valence-corrected chi connectivity index (χ1v) is 11.0. The van der Waals surface area contributed by atoms with Gasteiger partial charge in [0.25, 0.3) is 0 Å². The molecule has 4 aromatic carbocycles. The zero-order valence-corrected chi connectivity index (χ0v) is 18.5. The summed E-state index contributed by atoms with van der Waals surface area (Å²) in [6.07, 6.45) is 0. The zero-order valence-electron chi connectivity index (χ0n) is 17.7. The van der Waals surface area contributed by atoms with E-state index in [1.54, 1.807) is 24.3 Å². The lowest BCUT2D eigenvalue weighted by atomic mass is 9.97. The fraction of sp³-hybridized carbons (Fsp3) is 0. The molecule has 0 N–H and O–H groups in total. The van der Waals surface area contributed by atoms with Crippen LogP contribution in [-0.2, 0) is 0 Å². The second-order valence-electron chi connectivity index (χ2n) is 7.74. The fourth-order valence-corrected chi connectivity index (χ4v) is 5.23. The molecule has 0 saturated heterocycles. The van der Waals surface area contributed by atoms with Gasteiger partial charge in [0.15, 0.2) is 11.6 Å². The number of rotatable bonds is 2. The van der Waals surface area contributed by atoms with Gasteiger partial charge in [-0.05, 0) is 58.7 Å². The van der Waals surface area contributed by atoms with Crippen LogP contribution in [0.1, 0.15) is 22.3 Å². The number of nitrogens with zero attached hydrogens (tertiary/aromatic N) is 4. The predicted molar refractivity (Wildman–Crippen MR) is 129 cm³/mol. The molecule has 5 rings (SSSR count). The molecule has 162 valence electrons. The van der Waals surface area contributed by atoms with Crippen LogP contribution in [0.5, 0.6) is 0 Å². The minimum atomic E-state index is -0.825. The molecule has 5 aromatic rings. The van der Waals surface area contributed by atoms with Crippen LogP contribution in [0.2, 0.25) is 0 Å². The van der Waals surface area contributed by atoms with Gasteiger partial charge in [-0.1, -0.05) is 24.3 Å². The summed E-state index contributed by atoms with van der Waals surface area (Å²) in [6.45, 7) is 0. The number of benzene rings is 4. The first-order valence-electron chi connectivity index (χ1n) is 10.2. The molecule has 0 bridgehead atoms. The smallest absolute Gasteiger partial charge is 0.158 e. The average molecular weight is 472 g/mol. The summed E-state index contributed by atoms with van der Waals surface area (Å²) in [6, 6.07) is 24.3. The molecule has 1 heterocycles. The van der Waals surface area contributed by atoms with Gasteiger partial charge in [-0.3, -0.25) is 0 Å². The summed E-state index contributed by atoms with van der Waals surface area (Å²) < 4.78 is 30.2. The van der Waals surface area contributed by atoms with Gasteiger partial charge < -0.3 is 0 Å². The highest BCUT2D eigenvalue weighted by Crippen LogP contribution is 2.39. The molecule has 4 nitrogen and oxygen atoms in total. The molecule has 0 amide bonds. The van der Waals surface area contributed by atoms with Crippen LogP contribution in [0.25, 0.3) is 42.4 Å². The summed E-state index contributed by atoms with van der Waals surface area (Å²) in [4.78, 5) is 0. The molecule has 1 aromatic heterocycles. The van der Waals surface area contributed by atoms with Crippen molar-refractivity contribution in [3.8, 4) is 46.5 Å². The lowest BCUT2D eigenvalue weighted by Gasteiger charge is -2.06. The molecule has 0 saturated carbocycles. The van der Waals surface area contributed by atoms with Gasteiger partial charge in [0.2, 0.25) is 0 Å². The number of hydrogen-bond acceptors (Lipinski definition) is 5. The Kier molecular flexibility index (Phi) is 5.20. The van der Waals surface area contributed by atoms with Crippen molar-refractivity contribution < 1.29 is 8.78 Å². The van der Waals surface area contributed by atoms with Crippen molar-refractivity contribution in [2.75, 3.05) is 0 Å². The Morgan fingerprint density at radius 1 is 0.486 bits per heavy atom. The highest BCUT2D eigenvalue weighted by atomic mass is 32.1. The summed E-state index contributed by atoms with van der Waals surface area (Å²) in [5.41, 5.74) is 1.88. The number of hydrogen-bond donors (Lipinski definition) is 0. The molecule has 0 aliphatic rings. The highest BCUT2D eigenvalue weighted by Gasteiger charge is 2.15. The van der Waals surface area contributed by atoms with E-state index >= 15 is 0 Å². The number of thiophene rings is 1. The maximum atomic E-state index is 14.2. The summed E-state index contributed by atoms with van der Waals surface area (Å²) in [7, 11) is 0. The van der Waals surface area contributed by atoms with E-state index in [9.17, 15) is 29.8 Å². The van der Waals surface area contributed by atoms with Crippen molar-refractivity contribution in [1.82, 2.24) is 0 Å². The molecule has 0 aliphatic heterocycles. The summed E-state index contributed by atoms with van der Waals surface area (Å²) in [5.74, 6) is -1.65. The van der Waals surface area contributed by atoms with E-state index in [2.05, 4.69) is 0 Å². The molecular formula is C28H10F2N4S. The minimum absolute atomic E-state index is 0.187. The van der Waals surface area contributed by atoms with Gasteiger partial charge in [-0.15, -0.1) is 11.3 Å². The molecule has 0 atom stereocenters. The van der Waals surface area contributed by atoms with E-state index in [0.29, 0.717) is 11.1 Å². The van der Waals surface area contributed by atoms with Gasteiger partial charge in [0, 0.05) is 20.2 Å². The number of nitriles is 4. The van der Waals surface area contributed by atoms with Crippen LogP contribution >= 0.6 is 11.3 Å². The monoisotopic (exact) mass is 472 g/mol. The Labute approximate surface area is 202 Å². The van der Waals surface area contributed by atoms with Crippen LogP contribution in [-0.4, -0.2) is 0 Å². The fourth-order valence-electron chi connectivity index (χ4n) is 4.04. The normalized spacial score (nSPS) is 10.5. The number of halogens is 2. The zero-order chi connectivity index (χ0) is 24.7. The Bertz CT molecular complexity index is 1670. The minimum Gasteiger partial charge on any atom is -0.204 e. The van der Waals surface area contributed by atoms with Crippen molar-refractivity contribution in [3.63, 3.8) is 0 Å². The van der Waals surface area contributed by atoms with Crippen molar-refractivity contribution in [2.24, 2.45) is 0 Å². The molecule has 0 aliphatic carbocycles. The summed E-state index contributed by atoms with van der Waals surface area (Å²) in [5, 5.41) is 38.9. The second kappa shape index (κ2) is 8.36. The van der Waals surface area contributed by atoms with Gasteiger partial charge in [0.05, 0.1) is 22.3 Å². The molecule has 0 fully saturated rings. The van der Waals surface area contributed by atoms with E-state index in [4.69, 9.17) is 0 Å². The van der Waals surface area contributed by atoms with E-state index in [1.165, 1.54) is 35.6 Å². The molecule has 35 heavy (non-hydrogen) atoms. The summed E-state index contributed by atoms with van der Waals surface area (Å²) >= 11 is 1.52. The van der Waals surface area contributed by atoms with Gasteiger partial charge in [-0.2, -0.15) is 21.0 Å². The highest BCUT2D eigenvalue weighted by molar-refractivity contribution is 7.25. The van der Waals surface area contributed by atoms with Crippen LogP contribution in [0.3, 0.4) is 0 Å². The maximum absolute atomic E-state index is 14.2. The van der Waals surface area contributed by atoms with E-state index in [-0.39, 0.29) is 22.3 Å². The van der Waals surface area contributed by atoms with Gasteiger partial charge >= 0.3 is 0 Å². The van der Waals surface area contributed by atoms with E-state index < -0.39 is 11.6 Å². The topological polar surface area (TPSA) is 95.2 Å². The molecule has 0 spiro atoms. The predicted octanol–water partition coefficient (Wildman–Crippen LogP) is 7.15. The first-order chi connectivity index (χ1) is 17.0. The maximum Gasteiger partial charge on any atom is 0.158 e. The third-order valence-electron chi connectivity index (χ3n) is 5.77. The third kappa shape index (κ3) is 3.54. The largest absolute Gasteiger partial charge is 0.204 e. The van der Waals surface area contributed by atoms with Crippen LogP contribution in [0.4, 0.5) is 8.78 Å². The average Bonchev–Trinajstić information content (AvgIpc) is 3.26.